The van der Waals surface area contributed by atoms with Crippen molar-refractivity contribution in [1.29, 1.82) is 5.26 Å². The maximum Gasteiger partial charge on any atom is 0.0642 e. The van der Waals surface area contributed by atoms with E-state index in [4.69, 9.17) is 16.9 Å². The molecule has 1 aliphatic rings. The Morgan fingerprint density at radius 2 is 2.11 bits per heavy atom. The molecule has 1 aliphatic heterocycles. The minimum Gasteiger partial charge on any atom is -0.314 e. The van der Waals surface area contributed by atoms with Gasteiger partial charge in [0, 0.05) is 31.1 Å². The number of piperazine rings is 1. The van der Waals surface area contributed by atoms with Crippen LogP contribution in [-0.4, -0.2) is 31.1 Å². The Labute approximate surface area is 129 Å². The standard InChI is InChI=1S/C11H14ClN3S.2ClH/c12-9-2-8-16-11(9)10(1-3-13)15-6-4-14-5-7-15;;/h2,8,10,14H,1,4-7H2;2*1H/t10-;;/m1../s1. The Morgan fingerprint density at radius 1 is 1.44 bits per heavy atom. The molecule has 1 N–H and O–H groups in total. The molecule has 1 saturated heterocycles. The predicted molar refractivity (Wildman–Crippen MR) is 81.2 cm³/mol. The molecule has 0 spiro atoms. The number of nitrogens with zero attached hydrogens (tertiary/aromatic N) is 2. The second kappa shape index (κ2) is 8.98. The first-order valence-electron chi connectivity index (χ1n) is 5.37. The van der Waals surface area contributed by atoms with Crippen molar-refractivity contribution in [2.24, 2.45) is 0 Å². The molecule has 0 aliphatic carbocycles. The second-order valence-electron chi connectivity index (χ2n) is 3.80. The zero-order valence-corrected chi connectivity index (χ0v) is 13.0. The normalized spacial score (nSPS) is 17.1. The second-order valence-corrected chi connectivity index (χ2v) is 5.15. The first kappa shape index (κ1) is 18.0. The number of nitrogens with one attached hydrogen (secondary N) is 1. The van der Waals surface area contributed by atoms with Crippen LogP contribution in [0.4, 0.5) is 0 Å². The van der Waals surface area contributed by atoms with Crippen LogP contribution in [0.2, 0.25) is 5.02 Å². The molecule has 0 radical (unpaired) electrons. The molecule has 0 aromatic carbocycles. The molecule has 0 unspecified atom stereocenters. The highest BCUT2D eigenvalue weighted by Crippen LogP contribution is 2.34. The molecule has 102 valence electrons. The predicted octanol–water partition coefficient (Wildman–Crippen LogP) is 3.11. The van der Waals surface area contributed by atoms with Gasteiger partial charge < -0.3 is 5.32 Å². The van der Waals surface area contributed by atoms with Crippen molar-refractivity contribution in [3.63, 3.8) is 0 Å². The molecule has 7 heteroatoms. The van der Waals surface area contributed by atoms with E-state index in [1.165, 1.54) is 0 Å². The van der Waals surface area contributed by atoms with Crippen molar-refractivity contribution >= 4 is 47.8 Å². The molecule has 2 heterocycles. The lowest BCUT2D eigenvalue weighted by Gasteiger charge is -2.33. The summed E-state index contributed by atoms with van der Waals surface area (Å²) < 4.78 is 0. The highest BCUT2D eigenvalue weighted by atomic mass is 35.5. The van der Waals surface area contributed by atoms with Gasteiger partial charge in [0.15, 0.2) is 0 Å². The SMILES string of the molecule is Cl.Cl.N#CC[C@H](c1sccc1Cl)N1CCNCC1. The lowest BCUT2D eigenvalue weighted by molar-refractivity contribution is 0.178. The summed E-state index contributed by atoms with van der Waals surface area (Å²) >= 11 is 7.79. The van der Waals surface area contributed by atoms with Crippen LogP contribution in [0.3, 0.4) is 0 Å². The van der Waals surface area contributed by atoms with Crippen LogP contribution >= 0.6 is 47.8 Å². The lowest BCUT2D eigenvalue weighted by atomic mass is 10.1. The van der Waals surface area contributed by atoms with Gasteiger partial charge in [0.05, 0.1) is 23.6 Å². The van der Waals surface area contributed by atoms with Crippen LogP contribution in [0.1, 0.15) is 17.3 Å². The Hall–Kier alpha value is -0.0200. The van der Waals surface area contributed by atoms with E-state index in [0.29, 0.717) is 6.42 Å². The average Bonchev–Trinajstić information content (AvgIpc) is 2.73. The number of thiophene rings is 1. The van der Waals surface area contributed by atoms with Crippen molar-refractivity contribution in [3.05, 3.63) is 21.3 Å². The van der Waals surface area contributed by atoms with Gasteiger partial charge in [-0.1, -0.05) is 11.6 Å². The van der Waals surface area contributed by atoms with Crippen LogP contribution in [-0.2, 0) is 0 Å². The molecule has 1 aromatic rings. The Kier molecular flexibility index (Phi) is 8.97. The zero-order chi connectivity index (χ0) is 11.4. The van der Waals surface area contributed by atoms with Gasteiger partial charge in [-0.05, 0) is 11.4 Å². The lowest BCUT2D eigenvalue weighted by Crippen LogP contribution is -2.45. The fraction of sp³-hybridized carbons (Fsp3) is 0.545. The molecule has 1 fully saturated rings. The summed E-state index contributed by atoms with van der Waals surface area (Å²) in [4.78, 5) is 3.47. The van der Waals surface area contributed by atoms with Crippen LogP contribution < -0.4 is 5.32 Å². The summed E-state index contributed by atoms with van der Waals surface area (Å²) in [6, 6.07) is 4.34. The smallest absolute Gasteiger partial charge is 0.0642 e. The van der Waals surface area contributed by atoms with Gasteiger partial charge in [-0.2, -0.15) is 5.26 Å². The Morgan fingerprint density at radius 3 is 2.61 bits per heavy atom. The van der Waals surface area contributed by atoms with Crippen LogP contribution in [0.25, 0.3) is 0 Å². The third-order valence-corrected chi connectivity index (χ3v) is 4.28. The number of hydrogen-bond acceptors (Lipinski definition) is 4. The van der Waals surface area contributed by atoms with E-state index >= 15 is 0 Å². The minimum absolute atomic E-state index is 0. The number of rotatable bonds is 3. The van der Waals surface area contributed by atoms with Gasteiger partial charge in [0.25, 0.3) is 0 Å². The Balaban J connectivity index is 0.00000144. The van der Waals surface area contributed by atoms with Gasteiger partial charge >= 0.3 is 0 Å². The van der Waals surface area contributed by atoms with Gasteiger partial charge in [0.2, 0.25) is 0 Å². The van der Waals surface area contributed by atoms with Crippen molar-refractivity contribution in [2.45, 2.75) is 12.5 Å². The molecular formula is C11H16Cl3N3S. The summed E-state index contributed by atoms with van der Waals surface area (Å²) in [7, 11) is 0. The topological polar surface area (TPSA) is 39.1 Å². The van der Waals surface area contributed by atoms with Crippen LogP contribution in [0, 0.1) is 11.3 Å². The quantitative estimate of drug-likeness (QED) is 0.926. The van der Waals surface area contributed by atoms with Gasteiger partial charge in [-0.25, -0.2) is 0 Å². The summed E-state index contributed by atoms with van der Waals surface area (Å²) in [6.07, 6.45) is 0.514. The van der Waals surface area contributed by atoms with E-state index in [0.717, 1.165) is 36.1 Å². The maximum atomic E-state index is 8.93. The van der Waals surface area contributed by atoms with Crippen LogP contribution in [0.15, 0.2) is 11.4 Å². The molecule has 1 atom stereocenters. The van der Waals surface area contributed by atoms with Crippen molar-refractivity contribution in [2.75, 3.05) is 26.2 Å². The van der Waals surface area contributed by atoms with Crippen molar-refractivity contribution in [3.8, 4) is 6.07 Å². The number of nitriles is 1. The third kappa shape index (κ3) is 4.27. The summed E-state index contributed by atoms with van der Waals surface area (Å²) in [5, 5.41) is 15.0. The fourth-order valence-electron chi connectivity index (χ4n) is 2.01. The third-order valence-electron chi connectivity index (χ3n) is 2.82. The highest BCUT2D eigenvalue weighted by Gasteiger charge is 2.24. The fourth-order valence-corrected chi connectivity index (χ4v) is 3.33. The van der Waals surface area contributed by atoms with E-state index in [2.05, 4.69) is 16.3 Å². The molecule has 3 nitrogen and oxygen atoms in total. The average molecular weight is 329 g/mol. The number of halogens is 3. The van der Waals surface area contributed by atoms with E-state index in [-0.39, 0.29) is 30.9 Å². The molecule has 0 amide bonds. The van der Waals surface area contributed by atoms with E-state index < -0.39 is 0 Å². The largest absolute Gasteiger partial charge is 0.314 e. The first-order valence-corrected chi connectivity index (χ1v) is 6.63. The summed E-state index contributed by atoms with van der Waals surface area (Å²) in [5.41, 5.74) is 0. The van der Waals surface area contributed by atoms with E-state index in [9.17, 15) is 0 Å². The zero-order valence-electron chi connectivity index (χ0n) is 9.76. The van der Waals surface area contributed by atoms with Gasteiger partial charge in [0.1, 0.15) is 0 Å². The molecule has 0 bridgehead atoms. The maximum absolute atomic E-state index is 8.93. The minimum atomic E-state index is 0. The summed E-state index contributed by atoms with van der Waals surface area (Å²) in [6.45, 7) is 3.96. The number of hydrogen-bond donors (Lipinski definition) is 1. The molecule has 2 rings (SSSR count). The summed E-state index contributed by atoms with van der Waals surface area (Å²) in [5.74, 6) is 0. The highest BCUT2D eigenvalue weighted by molar-refractivity contribution is 7.10. The van der Waals surface area contributed by atoms with Gasteiger partial charge in [-0.15, -0.1) is 36.2 Å². The molecule has 0 saturated carbocycles. The van der Waals surface area contributed by atoms with E-state index in [1.54, 1.807) is 11.3 Å². The van der Waals surface area contributed by atoms with Crippen LogP contribution in [0.5, 0.6) is 0 Å². The molecular weight excluding hydrogens is 313 g/mol. The molecule has 18 heavy (non-hydrogen) atoms. The Bertz CT molecular complexity index is 385. The molecule has 1 aromatic heterocycles. The van der Waals surface area contributed by atoms with E-state index in [1.807, 2.05) is 11.4 Å². The van der Waals surface area contributed by atoms with Crippen molar-refractivity contribution < 1.29 is 0 Å². The van der Waals surface area contributed by atoms with Gasteiger partial charge in [-0.3, -0.25) is 4.90 Å². The monoisotopic (exact) mass is 327 g/mol. The van der Waals surface area contributed by atoms with Crippen molar-refractivity contribution in [1.82, 2.24) is 10.2 Å². The first-order chi connectivity index (χ1) is 7.83.